The summed E-state index contributed by atoms with van der Waals surface area (Å²) in [6.07, 6.45) is 0. The average molecular weight is 224 g/mol. The van der Waals surface area contributed by atoms with Crippen molar-refractivity contribution in [1.82, 2.24) is 4.72 Å². The number of hydrogen-bond donors (Lipinski definition) is 1. The summed E-state index contributed by atoms with van der Waals surface area (Å²) in [5, 5.41) is 8.51. The maximum absolute atomic E-state index is 11.4. The lowest BCUT2D eigenvalue weighted by Gasteiger charge is -2.03. The number of nitrogens with zero attached hydrogens (tertiary/aromatic N) is 1. The summed E-state index contributed by atoms with van der Waals surface area (Å²) in [6, 6.07) is 7.14. The van der Waals surface area contributed by atoms with Crippen LogP contribution in [0.25, 0.3) is 0 Å². The molecule has 0 atom stereocenters. The lowest BCUT2D eigenvalue weighted by molar-refractivity contribution is -0.117. The summed E-state index contributed by atoms with van der Waals surface area (Å²) in [4.78, 5) is 10.6. The van der Waals surface area contributed by atoms with E-state index in [9.17, 15) is 13.2 Å². The Morgan fingerprint density at radius 1 is 1.33 bits per heavy atom. The minimum atomic E-state index is -3.79. The van der Waals surface area contributed by atoms with E-state index in [2.05, 4.69) is 0 Å². The van der Waals surface area contributed by atoms with Gasteiger partial charge in [0, 0.05) is 6.92 Å². The maximum Gasteiger partial charge on any atom is 0.264 e. The van der Waals surface area contributed by atoms with Gasteiger partial charge in [0.1, 0.15) is 0 Å². The Kier molecular flexibility index (Phi) is 3.07. The van der Waals surface area contributed by atoms with Crippen molar-refractivity contribution >= 4 is 15.9 Å². The molecule has 0 aliphatic rings. The normalized spacial score (nSPS) is 10.4. The van der Waals surface area contributed by atoms with Crippen molar-refractivity contribution in [1.29, 1.82) is 5.26 Å². The predicted molar refractivity (Wildman–Crippen MR) is 52.2 cm³/mol. The summed E-state index contributed by atoms with van der Waals surface area (Å²) in [5.74, 6) is -0.653. The number of sulfonamides is 1. The summed E-state index contributed by atoms with van der Waals surface area (Å²) >= 11 is 0. The van der Waals surface area contributed by atoms with Gasteiger partial charge in [0.05, 0.1) is 16.5 Å². The van der Waals surface area contributed by atoms with E-state index < -0.39 is 15.9 Å². The first-order valence-corrected chi connectivity index (χ1v) is 5.47. The molecule has 0 unspecified atom stereocenters. The van der Waals surface area contributed by atoms with Crippen molar-refractivity contribution in [3.8, 4) is 6.07 Å². The van der Waals surface area contributed by atoms with Crippen molar-refractivity contribution in [2.75, 3.05) is 0 Å². The fraction of sp³-hybridized carbons (Fsp3) is 0.111. The largest absolute Gasteiger partial charge is 0.274 e. The van der Waals surface area contributed by atoms with Gasteiger partial charge in [-0.15, -0.1) is 0 Å². The third-order valence-electron chi connectivity index (χ3n) is 1.57. The molecule has 1 aromatic carbocycles. The Hall–Kier alpha value is -1.87. The number of rotatable bonds is 2. The highest BCUT2D eigenvalue weighted by Gasteiger charge is 2.14. The van der Waals surface area contributed by atoms with Crippen molar-refractivity contribution in [2.45, 2.75) is 11.8 Å². The third-order valence-corrected chi connectivity index (χ3v) is 3.02. The van der Waals surface area contributed by atoms with Gasteiger partial charge in [-0.2, -0.15) is 5.26 Å². The van der Waals surface area contributed by atoms with Crippen LogP contribution in [0.1, 0.15) is 12.5 Å². The van der Waals surface area contributed by atoms with E-state index >= 15 is 0 Å². The lowest BCUT2D eigenvalue weighted by Crippen LogP contribution is -2.28. The lowest BCUT2D eigenvalue weighted by atomic mass is 10.2. The third kappa shape index (κ3) is 2.79. The molecule has 0 bridgehead atoms. The molecule has 1 amide bonds. The van der Waals surface area contributed by atoms with Gasteiger partial charge < -0.3 is 0 Å². The van der Waals surface area contributed by atoms with Gasteiger partial charge in [-0.25, -0.2) is 13.1 Å². The molecule has 0 aliphatic carbocycles. The van der Waals surface area contributed by atoms with Crippen molar-refractivity contribution in [3.05, 3.63) is 29.8 Å². The number of amides is 1. The zero-order chi connectivity index (χ0) is 11.5. The van der Waals surface area contributed by atoms with Crippen LogP contribution in [-0.2, 0) is 14.8 Å². The van der Waals surface area contributed by atoms with Crippen molar-refractivity contribution < 1.29 is 13.2 Å². The quantitative estimate of drug-likeness (QED) is 0.786. The van der Waals surface area contributed by atoms with E-state index in [1.165, 1.54) is 24.3 Å². The molecular weight excluding hydrogens is 216 g/mol. The SMILES string of the molecule is CC(=O)NS(=O)(=O)c1ccc(C#N)cc1. The van der Waals surface area contributed by atoms with Crippen LogP contribution < -0.4 is 4.72 Å². The fourth-order valence-corrected chi connectivity index (χ4v) is 1.95. The van der Waals surface area contributed by atoms with Crippen molar-refractivity contribution in [2.24, 2.45) is 0 Å². The van der Waals surface area contributed by atoms with Crippen molar-refractivity contribution in [3.63, 3.8) is 0 Å². The molecule has 0 heterocycles. The molecular formula is C9H8N2O3S. The molecule has 5 nitrogen and oxygen atoms in total. The Labute approximate surface area is 87.4 Å². The van der Waals surface area contributed by atoms with Gasteiger partial charge in [0.2, 0.25) is 5.91 Å². The van der Waals surface area contributed by atoms with Crippen LogP contribution in [0.15, 0.2) is 29.2 Å². The number of nitriles is 1. The van der Waals surface area contributed by atoms with E-state index in [-0.39, 0.29) is 4.90 Å². The second-order valence-electron chi connectivity index (χ2n) is 2.80. The molecule has 1 aromatic rings. The van der Waals surface area contributed by atoms with E-state index in [1.54, 1.807) is 0 Å². The minimum absolute atomic E-state index is 0.0447. The highest BCUT2D eigenvalue weighted by atomic mass is 32.2. The zero-order valence-corrected chi connectivity index (χ0v) is 8.71. The van der Waals surface area contributed by atoms with Crippen LogP contribution in [-0.4, -0.2) is 14.3 Å². The molecule has 0 spiro atoms. The van der Waals surface area contributed by atoms with Gasteiger partial charge >= 0.3 is 0 Å². The van der Waals surface area contributed by atoms with Gasteiger partial charge in [-0.05, 0) is 24.3 Å². The molecule has 1 rings (SSSR count). The smallest absolute Gasteiger partial charge is 0.264 e. The maximum atomic E-state index is 11.4. The van der Waals surface area contributed by atoms with E-state index in [0.717, 1.165) is 6.92 Å². The minimum Gasteiger partial charge on any atom is -0.274 e. The summed E-state index contributed by atoms with van der Waals surface area (Å²) in [5.41, 5.74) is 0.358. The first-order valence-electron chi connectivity index (χ1n) is 3.99. The van der Waals surface area contributed by atoms with Gasteiger partial charge in [-0.1, -0.05) is 0 Å². The van der Waals surface area contributed by atoms with Crippen LogP contribution >= 0.6 is 0 Å². The number of nitrogens with one attached hydrogen (secondary N) is 1. The molecule has 0 saturated carbocycles. The molecule has 0 fully saturated rings. The fourth-order valence-electron chi connectivity index (χ4n) is 0.957. The molecule has 1 N–H and O–H groups in total. The monoisotopic (exact) mass is 224 g/mol. The van der Waals surface area contributed by atoms with E-state index in [0.29, 0.717) is 5.56 Å². The highest BCUT2D eigenvalue weighted by molar-refractivity contribution is 7.90. The molecule has 0 saturated heterocycles. The van der Waals surface area contributed by atoms with E-state index in [4.69, 9.17) is 5.26 Å². The van der Waals surface area contributed by atoms with Gasteiger partial charge in [-0.3, -0.25) is 4.79 Å². The summed E-state index contributed by atoms with van der Waals surface area (Å²) in [6.45, 7) is 1.11. The Morgan fingerprint density at radius 2 is 1.87 bits per heavy atom. The molecule has 15 heavy (non-hydrogen) atoms. The van der Waals surface area contributed by atoms with Crippen LogP contribution in [0, 0.1) is 11.3 Å². The van der Waals surface area contributed by atoms with Gasteiger partial charge in [0.15, 0.2) is 0 Å². The second kappa shape index (κ2) is 4.11. The first-order chi connectivity index (χ1) is 6.95. The molecule has 6 heteroatoms. The Balaban J connectivity index is 3.07. The van der Waals surface area contributed by atoms with Crippen LogP contribution in [0.4, 0.5) is 0 Å². The average Bonchev–Trinajstić information content (AvgIpc) is 2.16. The highest BCUT2D eigenvalue weighted by Crippen LogP contribution is 2.09. The predicted octanol–water partition coefficient (Wildman–Crippen LogP) is 0.383. The zero-order valence-electron chi connectivity index (χ0n) is 7.89. The molecule has 0 aliphatic heterocycles. The van der Waals surface area contributed by atoms with Crippen LogP contribution in [0.2, 0.25) is 0 Å². The Bertz CT molecular complexity index is 511. The molecule has 78 valence electrons. The molecule has 0 radical (unpaired) electrons. The summed E-state index contributed by atoms with van der Waals surface area (Å²) < 4.78 is 24.7. The standard InChI is InChI=1S/C9H8N2O3S/c1-7(12)11-15(13,14)9-4-2-8(6-10)3-5-9/h2-5H,1H3,(H,11,12). The summed E-state index contributed by atoms with van der Waals surface area (Å²) in [7, 11) is -3.79. The van der Waals surface area contributed by atoms with E-state index in [1.807, 2.05) is 10.8 Å². The number of hydrogen-bond acceptors (Lipinski definition) is 4. The van der Waals surface area contributed by atoms with Crippen LogP contribution in [0.5, 0.6) is 0 Å². The number of carbonyl (C=O) groups excluding carboxylic acids is 1. The first kappa shape index (κ1) is 11.2. The van der Waals surface area contributed by atoms with Crippen LogP contribution in [0.3, 0.4) is 0 Å². The van der Waals surface area contributed by atoms with Gasteiger partial charge in [0.25, 0.3) is 10.0 Å². The molecule has 0 aromatic heterocycles. The Morgan fingerprint density at radius 3 is 2.27 bits per heavy atom. The number of benzene rings is 1. The second-order valence-corrected chi connectivity index (χ2v) is 4.48. The topological polar surface area (TPSA) is 87.0 Å². The number of carbonyl (C=O) groups is 1.